The number of rotatable bonds is 7. The number of carbonyl (C=O) groups is 1. The first-order valence-electron chi connectivity index (χ1n) is 7.77. The predicted octanol–water partition coefficient (Wildman–Crippen LogP) is -0.611. The molecule has 0 aromatic carbocycles. The molecule has 0 saturated carbocycles. The van der Waals surface area contributed by atoms with E-state index in [1.807, 2.05) is 0 Å². The minimum atomic E-state index is -3.26. The van der Waals surface area contributed by atoms with Crippen LogP contribution in [0.25, 0.3) is 0 Å². The molecule has 1 aliphatic heterocycles. The molecular formula is C14H25N5O4S. The first kappa shape index (κ1) is 18.7. The molecule has 2 heterocycles. The summed E-state index contributed by atoms with van der Waals surface area (Å²) in [4.78, 5) is 12.7. The van der Waals surface area contributed by atoms with Gasteiger partial charge in [-0.25, -0.2) is 12.7 Å². The second-order valence-corrected chi connectivity index (χ2v) is 7.97. The minimum absolute atomic E-state index is 0.168. The van der Waals surface area contributed by atoms with Crippen LogP contribution in [0.5, 0.6) is 0 Å². The molecule has 1 aliphatic rings. The molecule has 2 rings (SSSR count). The smallest absolute Gasteiger partial charge is 0.245 e. The van der Waals surface area contributed by atoms with Crippen LogP contribution in [0, 0.1) is 0 Å². The number of hydrogen-bond donors (Lipinski definition) is 2. The number of amides is 1. The van der Waals surface area contributed by atoms with Gasteiger partial charge < -0.3 is 15.4 Å². The molecule has 136 valence electrons. The van der Waals surface area contributed by atoms with E-state index >= 15 is 0 Å². The van der Waals surface area contributed by atoms with E-state index in [1.54, 1.807) is 31.1 Å². The molecule has 2 N–H and O–H groups in total. The number of aromatic nitrogens is 2. The van der Waals surface area contributed by atoms with Crippen molar-refractivity contribution < 1.29 is 17.9 Å². The summed E-state index contributed by atoms with van der Waals surface area (Å²) < 4.78 is 31.4. The van der Waals surface area contributed by atoms with Gasteiger partial charge in [0.15, 0.2) is 0 Å². The Balaban J connectivity index is 2.14. The Kier molecular flexibility index (Phi) is 5.83. The van der Waals surface area contributed by atoms with Crippen molar-refractivity contribution in [1.82, 2.24) is 19.4 Å². The number of piperidine rings is 1. The fourth-order valence-electron chi connectivity index (χ4n) is 2.77. The van der Waals surface area contributed by atoms with Crippen LogP contribution in [0.3, 0.4) is 0 Å². The fourth-order valence-corrected chi connectivity index (χ4v) is 3.62. The Hall–Kier alpha value is -1.65. The van der Waals surface area contributed by atoms with E-state index in [0.29, 0.717) is 31.8 Å². The maximum absolute atomic E-state index is 12.7. The molecule has 1 aromatic heterocycles. The molecule has 10 heteroatoms. The molecule has 0 aliphatic carbocycles. The largest absolute Gasteiger partial charge is 0.383 e. The van der Waals surface area contributed by atoms with E-state index in [2.05, 4.69) is 15.7 Å². The van der Waals surface area contributed by atoms with Crippen molar-refractivity contribution in [3.8, 4) is 0 Å². The molecule has 1 saturated heterocycles. The van der Waals surface area contributed by atoms with Crippen LogP contribution in [0.2, 0.25) is 0 Å². The van der Waals surface area contributed by atoms with E-state index in [9.17, 15) is 13.2 Å². The molecular weight excluding hydrogens is 334 g/mol. The quantitative estimate of drug-likeness (QED) is 0.629. The molecule has 1 aromatic rings. The van der Waals surface area contributed by atoms with Crippen molar-refractivity contribution in [2.45, 2.75) is 18.4 Å². The maximum Gasteiger partial charge on any atom is 0.245 e. The van der Waals surface area contributed by atoms with Crippen LogP contribution >= 0.6 is 0 Å². The van der Waals surface area contributed by atoms with Gasteiger partial charge in [-0.05, 0) is 12.8 Å². The SMILES string of the molecule is COCCNC(=O)C1(Nc2ccn(C)n2)CCN(S(C)(=O)=O)CC1. The second-order valence-electron chi connectivity index (χ2n) is 5.99. The van der Waals surface area contributed by atoms with Crippen molar-refractivity contribution >= 4 is 21.7 Å². The first-order valence-corrected chi connectivity index (χ1v) is 9.62. The van der Waals surface area contributed by atoms with Crippen molar-refractivity contribution in [3.63, 3.8) is 0 Å². The Morgan fingerprint density at radius 3 is 2.58 bits per heavy atom. The molecule has 0 bridgehead atoms. The van der Waals surface area contributed by atoms with Gasteiger partial charge >= 0.3 is 0 Å². The summed E-state index contributed by atoms with van der Waals surface area (Å²) in [5, 5.41) is 10.3. The number of methoxy groups -OCH3 is 1. The maximum atomic E-state index is 12.7. The highest BCUT2D eigenvalue weighted by atomic mass is 32.2. The number of nitrogens with zero attached hydrogens (tertiary/aromatic N) is 3. The summed E-state index contributed by atoms with van der Waals surface area (Å²) in [6.07, 6.45) is 3.71. The van der Waals surface area contributed by atoms with Crippen molar-refractivity contribution in [2.24, 2.45) is 7.05 Å². The molecule has 0 radical (unpaired) electrons. The summed E-state index contributed by atoms with van der Waals surface area (Å²) in [5.74, 6) is 0.422. The topological polar surface area (TPSA) is 106 Å². The average Bonchev–Trinajstić information content (AvgIpc) is 2.92. The highest BCUT2D eigenvalue weighted by Gasteiger charge is 2.43. The zero-order valence-corrected chi connectivity index (χ0v) is 15.1. The van der Waals surface area contributed by atoms with Crippen LogP contribution in [-0.2, 0) is 26.6 Å². The van der Waals surface area contributed by atoms with Gasteiger partial charge in [0, 0.05) is 46.1 Å². The number of nitrogens with one attached hydrogen (secondary N) is 2. The summed E-state index contributed by atoms with van der Waals surface area (Å²) in [6, 6.07) is 1.78. The lowest BCUT2D eigenvalue weighted by Crippen LogP contribution is -2.59. The third-order valence-corrected chi connectivity index (χ3v) is 5.46. The Labute approximate surface area is 142 Å². The first-order chi connectivity index (χ1) is 11.3. The van der Waals surface area contributed by atoms with E-state index in [0.717, 1.165) is 0 Å². The van der Waals surface area contributed by atoms with Gasteiger partial charge in [-0.15, -0.1) is 0 Å². The van der Waals surface area contributed by atoms with E-state index in [-0.39, 0.29) is 19.0 Å². The van der Waals surface area contributed by atoms with Crippen molar-refractivity contribution in [2.75, 3.05) is 44.9 Å². The van der Waals surface area contributed by atoms with Crippen LogP contribution in [-0.4, -0.2) is 73.6 Å². The highest BCUT2D eigenvalue weighted by molar-refractivity contribution is 7.88. The number of aryl methyl sites for hydroxylation is 1. The van der Waals surface area contributed by atoms with Gasteiger partial charge in [-0.1, -0.05) is 0 Å². The van der Waals surface area contributed by atoms with E-state index in [4.69, 9.17) is 4.74 Å². The van der Waals surface area contributed by atoms with Gasteiger partial charge in [-0.3, -0.25) is 9.48 Å². The molecule has 1 amide bonds. The number of carbonyl (C=O) groups excluding carboxylic acids is 1. The molecule has 1 fully saturated rings. The van der Waals surface area contributed by atoms with Crippen molar-refractivity contribution in [1.29, 1.82) is 0 Å². The van der Waals surface area contributed by atoms with E-state index < -0.39 is 15.6 Å². The molecule has 0 atom stereocenters. The summed E-state index contributed by atoms with van der Waals surface area (Å²) in [6.45, 7) is 1.39. The highest BCUT2D eigenvalue weighted by Crippen LogP contribution is 2.28. The average molecular weight is 359 g/mol. The normalized spacial score (nSPS) is 18.3. The minimum Gasteiger partial charge on any atom is -0.383 e. The Bertz CT molecular complexity index is 664. The third kappa shape index (κ3) is 4.46. The lowest BCUT2D eigenvalue weighted by Gasteiger charge is -2.40. The van der Waals surface area contributed by atoms with Crippen LogP contribution in [0.1, 0.15) is 12.8 Å². The lowest BCUT2D eigenvalue weighted by molar-refractivity contribution is -0.126. The van der Waals surface area contributed by atoms with Gasteiger partial charge in [0.2, 0.25) is 15.9 Å². The number of anilines is 1. The van der Waals surface area contributed by atoms with Crippen LogP contribution in [0.4, 0.5) is 5.82 Å². The monoisotopic (exact) mass is 359 g/mol. The third-order valence-electron chi connectivity index (χ3n) is 4.15. The van der Waals surface area contributed by atoms with Gasteiger partial charge in [-0.2, -0.15) is 5.10 Å². The molecule has 9 nitrogen and oxygen atoms in total. The van der Waals surface area contributed by atoms with E-state index in [1.165, 1.54) is 10.6 Å². The standard InChI is InChI=1S/C14H25N5O4S/c1-18-8-4-12(17-18)16-14(13(20)15-7-11-23-2)5-9-19(10-6-14)24(3,21)22/h4,8H,5-7,9-11H2,1-3H3,(H,15,20)(H,16,17). The predicted molar refractivity (Wildman–Crippen MR) is 90.1 cm³/mol. The number of sulfonamides is 1. The van der Waals surface area contributed by atoms with Crippen molar-refractivity contribution in [3.05, 3.63) is 12.3 Å². The van der Waals surface area contributed by atoms with Gasteiger partial charge in [0.1, 0.15) is 11.4 Å². The molecule has 24 heavy (non-hydrogen) atoms. The lowest BCUT2D eigenvalue weighted by atomic mass is 9.87. The van der Waals surface area contributed by atoms with Crippen LogP contribution < -0.4 is 10.6 Å². The van der Waals surface area contributed by atoms with Crippen LogP contribution in [0.15, 0.2) is 12.3 Å². The van der Waals surface area contributed by atoms with Gasteiger partial charge in [0.25, 0.3) is 0 Å². The molecule has 0 spiro atoms. The fraction of sp³-hybridized carbons (Fsp3) is 0.714. The zero-order chi connectivity index (χ0) is 17.8. The zero-order valence-electron chi connectivity index (χ0n) is 14.3. The molecule has 0 unspecified atom stereocenters. The second kappa shape index (κ2) is 7.49. The van der Waals surface area contributed by atoms with Gasteiger partial charge in [0.05, 0.1) is 12.9 Å². The summed E-state index contributed by atoms with van der Waals surface area (Å²) in [7, 11) is 0.105. The summed E-state index contributed by atoms with van der Waals surface area (Å²) in [5.41, 5.74) is -0.886. The Morgan fingerprint density at radius 1 is 1.42 bits per heavy atom. The Morgan fingerprint density at radius 2 is 2.08 bits per heavy atom. The summed E-state index contributed by atoms with van der Waals surface area (Å²) >= 11 is 0. The number of ether oxygens (including phenoxy) is 1. The number of hydrogen-bond acceptors (Lipinski definition) is 6.